The summed E-state index contributed by atoms with van der Waals surface area (Å²) >= 11 is 0. The number of carbonyl (C=O) groups excluding carboxylic acids is 1. The molecule has 0 amide bonds. The maximum Gasteiger partial charge on any atom is 0.303 e. The molecule has 2 spiro atoms. The summed E-state index contributed by atoms with van der Waals surface area (Å²) in [4.78, 5) is 12.6. The third-order valence-electron chi connectivity index (χ3n) is 15.6. The van der Waals surface area contributed by atoms with Gasteiger partial charge in [-0.2, -0.15) is 0 Å². The van der Waals surface area contributed by atoms with Gasteiger partial charge in [0.2, 0.25) is 0 Å². The Bertz CT molecular complexity index is 1250. The number of fused-ring (bicyclic) bond motifs is 2. The van der Waals surface area contributed by atoms with Crippen molar-refractivity contribution in [1.82, 2.24) is 0 Å². The smallest absolute Gasteiger partial charge is 0.303 e. The molecule has 48 heavy (non-hydrogen) atoms. The van der Waals surface area contributed by atoms with Crippen molar-refractivity contribution < 1.29 is 54.8 Å². The molecule has 7 N–H and O–H groups in total. The van der Waals surface area contributed by atoms with Crippen LogP contribution in [-0.4, -0.2) is 109 Å². The fourth-order valence-corrected chi connectivity index (χ4v) is 13.0. The van der Waals surface area contributed by atoms with E-state index in [1.54, 1.807) is 6.92 Å². The van der Waals surface area contributed by atoms with Gasteiger partial charge >= 0.3 is 5.97 Å². The van der Waals surface area contributed by atoms with E-state index in [1.165, 1.54) is 20.8 Å². The zero-order valence-electron chi connectivity index (χ0n) is 30.2. The summed E-state index contributed by atoms with van der Waals surface area (Å²) in [5.41, 5.74) is -4.15. The van der Waals surface area contributed by atoms with Gasteiger partial charge in [0.25, 0.3) is 0 Å². The second kappa shape index (κ2) is 11.6. The number of hydrogen-bond donors (Lipinski definition) is 7. The van der Waals surface area contributed by atoms with Gasteiger partial charge in [-0.15, -0.1) is 0 Å². The lowest BCUT2D eigenvalue weighted by molar-refractivity contribution is -0.303. The first-order valence-corrected chi connectivity index (χ1v) is 18.3. The van der Waals surface area contributed by atoms with E-state index in [-0.39, 0.29) is 47.7 Å². The Morgan fingerprint density at radius 2 is 1.52 bits per heavy atom. The van der Waals surface area contributed by atoms with Gasteiger partial charge in [0.05, 0.1) is 36.1 Å². The third-order valence-corrected chi connectivity index (χ3v) is 15.6. The molecule has 6 fully saturated rings. The number of carbonyl (C=O) groups is 1. The average Bonchev–Trinajstić information content (AvgIpc) is 3.61. The molecule has 5 saturated carbocycles. The summed E-state index contributed by atoms with van der Waals surface area (Å²) in [6.07, 6.45) is -1.45. The number of esters is 1. The van der Waals surface area contributed by atoms with Gasteiger partial charge in [-0.3, -0.25) is 4.79 Å². The van der Waals surface area contributed by atoms with Crippen molar-refractivity contribution in [2.24, 2.45) is 44.8 Å². The molecule has 6 rings (SSSR count). The van der Waals surface area contributed by atoms with Gasteiger partial charge in [0.1, 0.15) is 24.4 Å². The van der Waals surface area contributed by atoms with Crippen LogP contribution in [0.2, 0.25) is 0 Å². The second-order valence-electron chi connectivity index (χ2n) is 18.7. The van der Waals surface area contributed by atoms with Crippen molar-refractivity contribution in [3.63, 3.8) is 0 Å². The maximum absolute atomic E-state index is 12.6. The molecule has 11 nitrogen and oxygen atoms in total. The minimum absolute atomic E-state index is 0.0104. The molecule has 0 radical (unpaired) electrons. The van der Waals surface area contributed by atoms with Crippen molar-refractivity contribution in [2.45, 2.75) is 173 Å². The van der Waals surface area contributed by atoms with Crippen molar-refractivity contribution in [2.75, 3.05) is 6.61 Å². The van der Waals surface area contributed by atoms with E-state index >= 15 is 0 Å². The molecule has 0 bridgehead atoms. The summed E-state index contributed by atoms with van der Waals surface area (Å²) < 4.78 is 18.2. The highest BCUT2D eigenvalue weighted by atomic mass is 16.7. The largest absolute Gasteiger partial charge is 0.459 e. The molecule has 16 atom stereocenters. The summed E-state index contributed by atoms with van der Waals surface area (Å²) in [5, 5.41) is 76.1. The Hall–Kier alpha value is -0.890. The van der Waals surface area contributed by atoms with Gasteiger partial charge in [-0.05, 0) is 112 Å². The highest BCUT2D eigenvalue weighted by molar-refractivity contribution is 5.66. The van der Waals surface area contributed by atoms with E-state index in [1.807, 2.05) is 0 Å². The van der Waals surface area contributed by atoms with E-state index in [0.29, 0.717) is 5.92 Å². The molecule has 6 aliphatic rings. The fourth-order valence-electron chi connectivity index (χ4n) is 13.0. The third kappa shape index (κ3) is 5.03. The first-order valence-electron chi connectivity index (χ1n) is 18.3. The Balaban J connectivity index is 1.29. The SMILES string of the molecule is CC(=O)OC1C(O)C(C(C)(O)CCC(O)C(C)(C)O)C2(C)CCC34CC35CCC(OC3OCC(O)C(O)C3O)C(C)(C)C5CCC4C12C. The standard InChI is InChI=1S/C37H62O11/c1-19(38)47-29-27(43)28(34(7,45)13-11-23(40)32(4,5)44)33(6)15-16-37-18-36(37)14-12-24(48-30-26(42)25(41)20(39)17-46-30)31(2,3)21(36)9-10-22(37)35(29,33)8/h20-30,39-45H,9-18H2,1-8H3. The van der Waals surface area contributed by atoms with E-state index in [0.717, 1.165) is 44.9 Å². The Morgan fingerprint density at radius 3 is 2.15 bits per heavy atom. The minimum atomic E-state index is -1.40. The number of rotatable bonds is 8. The highest BCUT2D eigenvalue weighted by Gasteiger charge is 2.85. The van der Waals surface area contributed by atoms with Crippen LogP contribution < -0.4 is 0 Å². The van der Waals surface area contributed by atoms with Crippen LogP contribution in [0.25, 0.3) is 0 Å². The molecule has 5 aliphatic carbocycles. The lowest BCUT2D eigenvalue weighted by Gasteiger charge is -2.64. The first kappa shape index (κ1) is 36.9. The maximum atomic E-state index is 12.6. The molecule has 0 aromatic carbocycles. The number of ether oxygens (including phenoxy) is 3. The van der Waals surface area contributed by atoms with Crippen molar-refractivity contribution in [3.8, 4) is 0 Å². The Labute approximate surface area is 285 Å². The van der Waals surface area contributed by atoms with Gasteiger partial charge < -0.3 is 50.0 Å². The lowest BCUT2D eigenvalue weighted by atomic mass is 9.41. The molecule has 0 aromatic heterocycles. The quantitative estimate of drug-likeness (QED) is 0.147. The zero-order chi connectivity index (χ0) is 35.6. The van der Waals surface area contributed by atoms with Crippen molar-refractivity contribution >= 4 is 5.97 Å². The van der Waals surface area contributed by atoms with Crippen molar-refractivity contribution in [1.29, 1.82) is 0 Å². The Kier molecular flexibility index (Phi) is 8.88. The molecular formula is C37H62O11. The fraction of sp³-hybridized carbons (Fsp3) is 0.973. The van der Waals surface area contributed by atoms with Crippen LogP contribution in [-0.2, 0) is 19.0 Å². The number of hydrogen-bond acceptors (Lipinski definition) is 11. The van der Waals surface area contributed by atoms with Crippen LogP contribution in [0.1, 0.15) is 113 Å². The monoisotopic (exact) mass is 682 g/mol. The normalized spacial score (nSPS) is 51.4. The predicted molar refractivity (Wildman–Crippen MR) is 174 cm³/mol. The van der Waals surface area contributed by atoms with Gasteiger partial charge in [-0.25, -0.2) is 0 Å². The molecule has 1 aliphatic heterocycles. The van der Waals surface area contributed by atoms with Crippen LogP contribution in [0, 0.1) is 44.8 Å². The van der Waals surface area contributed by atoms with Crippen LogP contribution in [0.15, 0.2) is 0 Å². The summed E-state index contributed by atoms with van der Waals surface area (Å²) in [5.74, 6) is -0.600. The number of aliphatic hydroxyl groups excluding tert-OH is 5. The predicted octanol–water partition coefficient (Wildman–Crippen LogP) is 2.43. The molecule has 16 unspecified atom stereocenters. The lowest BCUT2D eigenvalue weighted by Crippen LogP contribution is -2.62. The zero-order valence-corrected chi connectivity index (χ0v) is 30.2. The average molecular weight is 683 g/mol. The molecule has 11 heteroatoms. The van der Waals surface area contributed by atoms with Gasteiger partial charge in [0.15, 0.2) is 6.29 Å². The van der Waals surface area contributed by atoms with Gasteiger partial charge in [0, 0.05) is 18.3 Å². The van der Waals surface area contributed by atoms with Crippen LogP contribution >= 0.6 is 0 Å². The number of aliphatic hydroxyl groups is 7. The van der Waals surface area contributed by atoms with Crippen LogP contribution in [0.4, 0.5) is 0 Å². The van der Waals surface area contributed by atoms with Crippen LogP contribution in [0.5, 0.6) is 0 Å². The first-order chi connectivity index (χ1) is 22.0. The van der Waals surface area contributed by atoms with E-state index in [2.05, 4.69) is 27.7 Å². The van der Waals surface area contributed by atoms with Gasteiger partial charge in [-0.1, -0.05) is 27.7 Å². The van der Waals surface area contributed by atoms with E-state index in [4.69, 9.17) is 14.2 Å². The molecule has 276 valence electrons. The van der Waals surface area contributed by atoms with E-state index < -0.39 is 76.8 Å². The second-order valence-corrected chi connectivity index (χ2v) is 18.7. The summed E-state index contributed by atoms with van der Waals surface area (Å²) in [7, 11) is 0. The molecular weight excluding hydrogens is 620 g/mol. The molecule has 1 saturated heterocycles. The minimum Gasteiger partial charge on any atom is -0.459 e. The Morgan fingerprint density at radius 1 is 0.896 bits per heavy atom. The molecule has 1 heterocycles. The van der Waals surface area contributed by atoms with E-state index in [9.17, 15) is 40.5 Å². The summed E-state index contributed by atoms with van der Waals surface area (Å²) in [6, 6.07) is 0. The molecule has 0 aromatic rings. The topological polar surface area (TPSA) is 186 Å². The summed E-state index contributed by atoms with van der Waals surface area (Å²) in [6.45, 7) is 14.9. The van der Waals surface area contributed by atoms with Crippen molar-refractivity contribution in [3.05, 3.63) is 0 Å². The van der Waals surface area contributed by atoms with Crippen LogP contribution in [0.3, 0.4) is 0 Å². The highest BCUT2D eigenvalue weighted by Crippen LogP contribution is 2.89.